The lowest BCUT2D eigenvalue weighted by Crippen LogP contribution is -2.23. The standard InChI is InChI=1S/C23H24ClN3O5S/c1-14-5-8-17(23(28)26-13-16-7-6-15(2)25-12-16)9-22(14)33(29,30)27-19-10-18(24)20(31-3)11-21(19)32-4/h5-12,27H,13H2,1-4H3,(H,26,28). The van der Waals surface area contributed by atoms with Crippen molar-refractivity contribution in [2.45, 2.75) is 25.3 Å². The molecule has 0 fully saturated rings. The number of nitrogens with one attached hydrogen (secondary N) is 2. The number of aryl methyl sites for hydroxylation is 2. The number of benzene rings is 2. The second-order valence-electron chi connectivity index (χ2n) is 7.26. The number of halogens is 1. The van der Waals surface area contributed by atoms with E-state index in [-0.39, 0.29) is 33.5 Å². The van der Waals surface area contributed by atoms with Crippen molar-refractivity contribution < 1.29 is 22.7 Å². The molecule has 2 aromatic carbocycles. The van der Waals surface area contributed by atoms with Crippen LogP contribution < -0.4 is 19.5 Å². The Hall–Kier alpha value is -3.30. The highest BCUT2D eigenvalue weighted by Gasteiger charge is 2.22. The molecule has 8 nitrogen and oxygen atoms in total. The number of amides is 1. The van der Waals surface area contributed by atoms with Crippen LogP contribution >= 0.6 is 11.6 Å². The molecule has 0 aliphatic heterocycles. The summed E-state index contributed by atoms with van der Waals surface area (Å²) >= 11 is 6.15. The van der Waals surface area contributed by atoms with Gasteiger partial charge in [0.1, 0.15) is 11.5 Å². The topological polar surface area (TPSA) is 107 Å². The van der Waals surface area contributed by atoms with Gasteiger partial charge in [-0.1, -0.05) is 23.7 Å². The fourth-order valence-corrected chi connectivity index (χ4v) is 4.63. The van der Waals surface area contributed by atoms with Gasteiger partial charge in [-0.15, -0.1) is 0 Å². The molecule has 0 saturated carbocycles. The van der Waals surface area contributed by atoms with Crippen molar-refractivity contribution >= 4 is 33.2 Å². The molecule has 1 heterocycles. The van der Waals surface area contributed by atoms with Gasteiger partial charge in [-0.25, -0.2) is 8.42 Å². The molecule has 0 radical (unpaired) electrons. The number of hydrogen-bond donors (Lipinski definition) is 2. The van der Waals surface area contributed by atoms with Crippen LogP contribution in [0.1, 0.15) is 27.2 Å². The van der Waals surface area contributed by atoms with Crippen LogP contribution in [-0.2, 0) is 16.6 Å². The number of sulfonamides is 1. The smallest absolute Gasteiger partial charge is 0.262 e. The quantitative estimate of drug-likeness (QED) is 0.493. The van der Waals surface area contributed by atoms with Gasteiger partial charge in [-0.2, -0.15) is 0 Å². The Balaban J connectivity index is 1.85. The fourth-order valence-electron chi connectivity index (χ4n) is 3.06. The number of anilines is 1. The Labute approximate surface area is 198 Å². The first-order chi connectivity index (χ1) is 15.6. The third kappa shape index (κ3) is 5.74. The minimum absolute atomic E-state index is 0.0406. The summed E-state index contributed by atoms with van der Waals surface area (Å²) in [4.78, 5) is 16.8. The van der Waals surface area contributed by atoms with E-state index in [0.717, 1.165) is 11.3 Å². The van der Waals surface area contributed by atoms with Gasteiger partial charge in [-0.05, 0) is 49.2 Å². The van der Waals surface area contributed by atoms with E-state index in [1.54, 1.807) is 25.3 Å². The molecular formula is C23H24ClN3O5S. The molecule has 0 aliphatic rings. The number of rotatable bonds is 8. The molecule has 0 spiro atoms. The van der Waals surface area contributed by atoms with Crippen LogP contribution in [0.15, 0.2) is 53.6 Å². The van der Waals surface area contributed by atoms with Gasteiger partial charge in [0.15, 0.2) is 0 Å². The third-order valence-corrected chi connectivity index (χ3v) is 6.69. The lowest BCUT2D eigenvalue weighted by atomic mass is 10.1. The predicted octanol–water partition coefficient (Wildman–Crippen LogP) is 4.10. The van der Waals surface area contributed by atoms with Crippen LogP contribution in [-0.4, -0.2) is 33.5 Å². The first-order valence-corrected chi connectivity index (χ1v) is 11.8. The molecule has 2 N–H and O–H groups in total. The Morgan fingerprint density at radius 3 is 2.39 bits per heavy atom. The van der Waals surface area contributed by atoms with E-state index in [4.69, 9.17) is 21.1 Å². The number of carbonyl (C=O) groups excluding carboxylic acids is 1. The van der Waals surface area contributed by atoms with Crippen molar-refractivity contribution in [2.75, 3.05) is 18.9 Å². The van der Waals surface area contributed by atoms with E-state index in [9.17, 15) is 13.2 Å². The summed E-state index contributed by atoms with van der Waals surface area (Å²) in [6, 6.07) is 11.1. The number of nitrogens with zero attached hydrogens (tertiary/aromatic N) is 1. The highest BCUT2D eigenvalue weighted by Crippen LogP contribution is 2.37. The molecule has 0 unspecified atom stereocenters. The second-order valence-corrected chi connectivity index (χ2v) is 9.32. The molecule has 1 aromatic heterocycles. The number of pyridine rings is 1. The van der Waals surface area contributed by atoms with E-state index in [0.29, 0.717) is 11.3 Å². The van der Waals surface area contributed by atoms with Crippen LogP contribution in [0.25, 0.3) is 0 Å². The SMILES string of the molecule is COc1cc(OC)c(NS(=O)(=O)c2cc(C(=O)NCc3ccc(C)nc3)ccc2C)cc1Cl. The fraction of sp³-hybridized carbons (Fsp3) is 0.217. The maximum atomic E-state index is 13.2. The van der Waals surface area contributed by atoms with E-state index in [2.05, 4.69) is 15.0 Å². The van der Waals surface area contributed by atoms with Gasteiger partial charge >= 0.3 is 0 Å². The number of methoxy groups -OCH3 is 2. The van der Waals surface area contributed by atoms with Crippen molar-refractivity contribution in [3.05, 3.63) is 76.1 Å². The zero-order valence-corrected chi connectivity index (χ0v) is 20.2. The van der Waals surface area contributed by atoms with Gasteiger partial charge in [0.05, 0.1) is 29.8 Å². The molecule has 10 heteroatoms. The summed E-state index contributed by atoms with van der Waals surface area (Å²) in [6.07, 6.45) is 1.68. The van der Waals surface area contributed by atoms with Gasteiger partial charge in [0.2, 0.25) is 0 Å². The van der Waals surface area contributed by atoms with Crippen LogP contribution in [0.2, 0.25) is 5.02 Å². The lowest BCUT2D eigenvalue weighted by Gasteiger charge is -2.16. The molecule has 174 valence electrons. The summed E-state index contributed by atoms with van der Waals surface area (Å²) in [5.41, 5.74) is 2.53. The Morgan fingerprint density at radius 2 is 1.76 bits per heavy atom. The molecule has 3 rings (SSSR count). The maximum Gasteiger partial charge on any atom is 0.262 e. The number of aromatic nitrogens is 1. The first-order valence-electron chi connectivity index (χ1n) is 9.89. The summed E-state index contributed by atoms with van der Waals surface area (Å²) in [5.74, 6) is 0.172. The largest absolute Gasteiger partial charge is 0.495 e. The molecular weight excluding hydrogens is 466 g/mol. The Morgan fingerprint density at radius 1 is 1.03 bits per heavy atom. The van der Waals surface area contributed by atoms with Crippen molar-refractivity contribution in [1.29, 1.82) is 0 Å². The van der Waals surface area contributed by atoms with Crippen LogP contribution in [0, 0.1) is 13.8 Å². The van der Waals surface area contributed by atoms with E-state index in [1.807, 2.05) is 19.1 Å². The normalized spacial score (nSPS) is 11.1. The Kier molecular flexibility index (Phi) is 7.45. The summed E-state index contributed by atoms with van der Waals surface area (Å²) in [5, 5.41) is 2.99. The Bertz CT molecular complexity index is 1280. The van der Waals surface area contributed by atoms with Crippen molar-refractivity contribution in [3.63, 3.8) is 0 Å². The van der Waals surface area contributed by atoms with E-state index < -0.39 is 15.9 Å². The molecule has 0 aliphatic carbocycles. The monoisotopic (exact) mass is 489 g/mol. The molecule has 1 amide bonds. The van der Waals surface area contributed by atoms with Crippen molar-refractivity contribution in [1.82, 2.24) is 10.3 Å². The van der Waals surface area contributed by atoms with Gasteiger partial charge in [0, 0.05) is 30.1 Å². The van der Waals surface area contributed by atoms with Crippen LogP contribution in [0.3, 0.4) is 0 Å². The average molecular weight is 490 g/mol. The van der Waals surface area contributed by atoms with Gasteiger partial charge in [0.25, 0.3) is 15.9 Å². The zero-order valence-electron chi connectivity index (χ0n) is 18.6. The third-order valence-electron chi connectivity index (χ3n) is 4.88. The van der Waals surface area contributed by atoms with Gasteiger partial charge in [-0.3, -0.25) is 14.5 Å². The summed E-state index contributed by atoms with van der Waals surface area (Å²) < 4.78 is 39.2. The minimum Gasteiger partial charge on any atom is -0.495 e. The molecule has 0 atom stereocenters. The minimum atomic E-state index is -4.06. The van der Waals surface area contributed by atoms with Crippen LogP contribution in [0.4, 0.5) is 5.69 Å². The van der Waals surface area contributed by atoms with Crippen LogP contribution in [0.5, 0.6) is 11.5 Å². The summed E-state index contributed by atoms with van der Waals surface area (Å²) in [7, 11) is -1.21. The average Bonchev–Trinajstić information content (AvgIpc) is 2.78. The molecule has 0 saturated heterocycles. The maximum absolute atomic E-state index is 13.2. The molecule has 0 bridgehead atoms. The number of ether oxygens (including phenoxy) is 2. The van der Waals surface area contributed by atoms with E-state index >= 15 is 0 Å². The lowest BCUT2D eigenvalue weighted by molar-refractivity contribution is 0.0950. The number of hydrogen-bond acceptors (Lipinski definition) is 6. The number of carbonyl (C=O) groups is 1. The summed E-state index contributed by atoms with van der Waals surface area (Å²) in [6.45, 7) is 3.79. The van der Waals surface area contributed by atoms with Gasteiger partial charge < -0.3 is 14.8 Å². The molecule has 3 aromatic rings. The van der Waals surface area contributed by atoms with E-state index in [1.165, 1.54) is 32.4 Å². The van der Waals surface area contributed by atoms with Crippen molar-refractivity contribution in [2.24, 2.45) is 0 Å². The molecule has 33 heavy (non-hydrogen) atoms. The highest BCUT2D eigenvalue weighted by molar-refractivity contribution is 7.92. The zero-order chi connectivity index (χ0) is 24.2. The predicted molar refractivity (Wildman–Crippen MR) is 127 cm³/mol. The first kappa shape index (κ1) is 24.3. The van der Waals surface area contributed by atoms with Crippen molar-refractivity contribution in [3.8, 4) is 11.5 Å². The highest BCUT2D eigenvalue weighted by atomic mass is 35.5. The second kappa shape index (κ2) is 10.1.